The molecule has 1 unspecified atom stereocenters. The van der Waals surface area contributed by atoms with Gasteiger partial charge in [0.25, 0.3) is 0 Å². The average Bonchev–Trinajstić information content (AvgIpc) is 2.55. The predicted molar refractivity (Wildman–Crippen MR) is 96.4 cm³/mol. The summed E-state index contributed by atoms with van der Waals surface area (Å²) in [6, 6.07) is 6.63. The number of carboxylic acids is 1. The zero-order valence-electron chi connectivity index (χ0n) is 14.7. The van der Waals surface area contributed by atoms with Gasteiger partial charge in [0.2, 0.25) is 5.91 Å². The van der Waals surface area contributed by atoms with Gasteiger partial charge in [-0.1, -0.05) is 23.8 Å². The summed E-state index contributed by atoms with van der Waals surface area (Å²) in [5.74, 6) is -1.39. The molecule has 6 heteroatoms. The number of aromatic nitrogens is 1. The van der Waals surface area contributed by atoms with Gasteiger partial charge in [0.15, 0.2) is 0 Å². The second-order valence-electron chi connectivity index (χ2n) is 6.16. The Morgan fingerprint density at radius 1 is 1.20 bits per heavy atom. The lowest BCUT2D eigenvalue weighted by atomic mass is 10.0. The van der Waals surface area contributed by atoms with Gasteiger partial charge in [-0.25, -0.2) is 0 Å². The first-order chi connectivity index (χ1) is 11.9. The molecule has 0 aliphatic heterocycles. The van der Waals surface area contributed by atoms with Crippen LogP contribution in [0.15, 0.2) is 36.7 Å². The van der Waals surface area contributed by atoms with E-state index in [0.717, 1.165) is 27.9 Å². The highest BCUT2D eigenvalue weighted by Crippen LogP contribution is 2.22. The molecule has 0 spiro atoms. The fourth-order valence-corrected chi connectivity index (χ4v) is 2.74. The first-order valence-electron chi connectivity index (χ1n) is 8.09. The number of anilines is 1. The number of benzene rings is 1. The van der Waals surface area contributed by atoms with Gasteiger partial charge in [-0.3, -0.25) is 19.9 Å². The maximum Gasteiger partial charge on any atom is 0.321 e. The van der Waals surface area contributed by atoms with E-state index in [1.54, 1.807) is 18.5 Å². The number of pyridine rings is 1. The van der Waals surface area contributed by atoms with E-state index in [1.165, 1.54) is 0 Å². The van der Waals surface area contributed by atoms with Crippen molar-refractivity contribution in [2.24, 2.45) is 0 Å². The summed E-state index contributed by atoms with van der Waals surface area (Å²) in [5.41, 5.74) is 4.64. The molecule has 0 bridgehead atoms. The van der Waals surface area contributed by atoms with Crippen molar-refractivity contribution in [3.8, 4) is 0 Å². The van der Waals surface area contributed by atoms with E-state index in [-0.39, 0.29) is 12.3 Å². The molecule has 6 nitrogen and oxygen atoms in total. The Morgan fingerprint density at radius 2 is 1.88 bits per heavy atom. The number of aryl methyl sites for hydroxylation is 3. The molecule has 0 fully saturated rings. The topological polar surface area (TPSA) is 91.3 Å². The van der Waals surface area contributed by atoms with E-state index in [9.17, 15) is 14.7 Å². The van der Waals surface area contributed by atoms with Gasteiger partial charge in [0, 0.05) is 24.6 Å². The Kier molecular flexibility index (Phi) is 6.25. The predicted octanol–water partition coefficient (Wildman–Crippen LogP) is 2.58. The minimum absolute atomic E-state index is 0.150. The molecular formula is C19H23N3O3. The van der Waals surface area contributed by atoms with E-state index < -0.39 is 12.0 Å². The SMILES string of the molecule is Cc1cc(C)c(NC(=O)CC(NCc2cccnc2)C(=O)O)c(C)c1. The van der Waals surface area contributed by atoms with Crippen LogP contribution in [0, 0.1) is 20.8 Å². The highest BCUT2D eigenvalue weighted by molar-refractivity contribution is 5.95. The molecule has 1 aromatic carbocycles. The van der Waals surface area contributed by atoms with Crippen LogP contribution in [0.3, 0.4) is 0 Å². The number of carbonyl (C=O) groups is 2. The van der Waals surface area contributed by atoms with Gasteiger partial charge in [-0.05, 0) is 43.5 Å². The van der Waals surface area contributed by atoms with Gasteiger partial charge in [0.05, 0.1) is 6.42 Å². The van der Waals surface area contributed by atoms with Gasteiger partial charge < -0.3 is 10.4 Å². The lowest BCUT2D eigenvalue weighted by Gasteiger charge is -2.16. The van der Waals surface area contributed by atoms with Crippen molar-refractivity contribution in [1.82, 2.24) is 10.3 Å². The molecule has 1 heterocycles. The summed E-state index contributed by atoms with van der Waals surface area (Å²) in [6.45, 7) is 6.17. The molecule has 1 atom stereocenters. The third kappa shape index (κ3) is 5.39. The van der Waals surface area contributed by atoms with Crippen molar-refractivity contribution in [3.63, 3.8) is 0 Å². The number of hydrogen-bond donors (Lipinski definition) is 3. The summed E-state index contributed by atoms with van der Waals surface area (Å²) >= 11 is 0. The number of aliphatic carboxylic acids is 1. The number of amides is 1. The highest BCUT2D eigenvalue weighted by atomic mass is 16.4. The molecule has 25 heavy (non-hydrogen) atoms. The third-order valence-corrected chi connectivity index (χ3v) is 3.90. The van der Waals surface area contributed by atoms with Gasteiger partial charge in [-0.15, -0.1) is 0 Å². The maximum atomic E-state index is 12.3. The number of nitrogens with one attached hydrogen (secondary N) is 2. The van der Waals surface area contributed by atoms with Crippen molar-refractivity contribution >= 4 is 17.6 Å². The van der Waals surface area contributed by atoms with Gasteiger partial charge in [-0.2, -0.15) is 0 Å². The van der Waals surface area contributed by atoms with Crippen LogP contribution in [0.4, 0.5) is 5.69 Å². The molecule has 0 radical (unpaired) electrons. The lowest BCUT2D eigenvalue weighted by molar-refractivity contribution is -0.141. The second-order valence-corrected chi connectivity index (χ2v) is 6.16. The van der Waals surface area contributed by atoms with Crippen molar-refractivity contribution in [1.29, 1.82) is 0 Å². The minimum Gasteiger partial charge on any atom is -0.480 e. The summed E-state index contributed by atoms with van der Waals surface area (Å²) < 4.78 is 0. The number of hydrogen-bond acceptors (Lipinski definition) is 4. The van der Waals surface area contributed by atoms with Crippen LogP contribution in [-0.2, 0) is 16.1 Å². The molecule has 0 saturated carbocycles. The maximum absolute atomic E-state index is 12.3. The molecule has 1 amide bonds. The Balaban J connectivity index is 2.00. The summed E-state index contributed by atoms with van der Waals surface area (Å²) in [7, 11) is 0. The summed E-state index contributed by atoms with van der Waals surface area (Å²) in [6.07, 6.45) is 3.16. The number of nitrogens with zero attached hydrogens (tertiary/aromatic N) is 1. The zero-order valence-corrected chi connectivity index (χ0v) is 14.7. The zero-order chi connectivity index (χ0) is 18.4. The molecule has 2 aromatic rings. The molecule has 0 saturated heterocycles. The van der Waals surface area contributed by atoms with Crippen LogP contribution < -0.4 is 10.6 Å². The largest absolute Gasteiger partial charge is 0.480 e. The first kappa shape index (κ1) is 18.6. The van der Waals surface area contributed by atoms with Gasteiger partial charge >= 0.3 is 5.97 Å². The van der Waals surface area contributed by atoms with Crippen molar-refractivity contribution in [2.75, 3.05) is 5.32 Å². The molecule has 3 N–H and O–H groups in total. The molecule has 0 aliphatic rings. The van der Waals surface area contributed by atoms with E-state index >= 15 is 0 Å². The number of carboxylic acid groups (broad SMARTS) is 1. The van der Waals surface area contributed by atoms with Crippen LogP contribution in [0.5, 0.6) is 0 Å². The van der Waals surface area contributed by atoms with E-state index in [2.05, 4.69) is 15.6 Å². The second kappa shape index (κ2) is 8.39. The Morgan fingerprint density at radius 3 is 2.44 bits per heavy atom. The lowest BCUT2D eigenvalue weighted by Crippen LogP contribution is -2.39. The fraction of sp³-hybridized carbons (Fsp3) is 0.316. The smallest absolute Gasteiger partial charge is 0.321 e. The molecule has 132 valence electrons. The standard InChI is InChI=1S/C19H23N3O3/c1-12-7-13(2)18(14(3)8-12)22-17(23)9-16(19(24)25)21-11-15-5-4-6-20-10-15/h4-8,10,16,21H,9,11H2,1-3H3,(H,22,23)(H,24,25). The van der Waals surface area contributed by atoms with Gasteiger partial charge in [0.1, 0.15) is 6.04 Å². The van der Waals surface area contributed by atoms with Crippen LogP contribution in [0.25, 0.3) is 0 Å². The molecular weight excluding hydrogens is 318 g/mol. The van der Waals surface area contributed by atoms with Crippen LogP contribution >= 0.6 is 0 Å². The molecule has 0 aliphatic carbocycles. The number of rotatable bonds is 7. The molecule has 2 rings (SSSR count). The van der Waals surface area contributed by atoms with Crippen LogP contribution in [0.1, 0.15) is 28.7 Å². The minimum atomic E-state index is -1.06. The normalized spacial score (nSPS) is 11.8. The monoisotopic (exact) mass is 341 g/mol. The highest BCUT2D eigenvalue weighted by Gasteiger charge is 2.21. The summed E-state index contributed by atoms with van der Waals surface area (Å²) in [4.78, 5) is 27.7. The van der Waals surface area contributed by atoms with E-state index in [0.29, 0.717) is 6.54 Å². The quantitative estimate of drug-likeness (QED) is 0.720. The Hall–Kier alpha value is -2.73. The molecule has 1 aromatic heterocycles. The van der Waals surface area contributed by atoms with Crippen molar-refractivity contribution < 1.29 is 14.7 Å². The Bertz CT molecular complexity index is 737. The van der Waals surface area contributed by atoms with Crippen molar-refractivity contribution in [2.45, 2.75) is 39.8 Å². The average molecular weight is 341 g/mol. The fourth-order valence-electron chi connectivity index (χ4n) is 2.74. The number of carbonyl (C=O) groups excluding carboxylic acids is 1. The van der Waals surface area contributed by atoms with E-state index in [4.69, 9.17) is 0 Å². The van der Waals surface area contributed by atoms with Crippen molar-refractivity contribution in [3.05, 3.63) is 58.9 Å². The van der Waals surface area contributed by atoms with Crippen LogP contribution in [-0.4, -0.2) is 28.0 Å². The Labute approximate surface area is 147 Å². The third-order valence-electron chi connectivity index (χ3n) is 3.90. The van der Waals surface area contributed by atoms with E-state index in [1.807, 2.05) is 39.0 Å². The van der Waals surface area contributed by atoms with Crippen LogP contribution in [0.2, 0.25) is 0 Å². The first-order valence-corrected chi connectivity index (χ1v) is 8.09. The summed E-state index contributed by atoms with van der Waals surface area (Å²) in [5, 5.41) is 15.1.